The van der Waals surface area contributed by atoms with E-state index in [0.717, 1.165) is 37.8 Å². The maximum absolute atomic E-state index is 5.90. The van der Waals surface area contributed by atoms with Crippen molar-refractivity contribution in [1.29, 1.82) is 0 Å². The standard InChI is InChI=1S/C15H23ClN2O/c1-3-18-8-9-19-15(11-18)10-17-12(2)13-4-6-14(16)7-5-13/h4-7,12,15,17H,3,8-11H2,1-2H3/t12-,15?/m0/s1. The Morgan fingerprint density at radius 1 is 1.42 bits per heavy atom. The Balaban J connectivity index is 1.79. The van der Waals surface area contributed by atoms with Crippen molar-refractivity contribution < 1.29 is 4.74 Å². The average Bonchev–Trinajstić information content (AvgIpc) is 2.46. The van der Waals surface area contributed by atoms with Gasteiger partial charge in [-0.05, 0) is 31.2 Å². The number of nitrogens with zero attached hydrogens (tertiary/aromatic N) is 1. The normalized spacial score (nSPS) is 22.4. The van der Waals surface area contributed by atoms with E-state index in [2.05, 4.69) is 36.2 Å². The van der Waals surface area contributed by atoms with E-state index in [0.29, 0.717) is 12.1 Å². The zero-order valence-electron chi connectivity index (χ0n) is 11.7. The van der Waals surface area contributed by atoms with Crippen molar-refractivity contribution in [3.05, 3.63) is 34.9 Å². The summed E-state index contributed by atoms with van der Waals surface area (Å²) in [4.78, 5) is 2.43. The topological polar surface area (TPSA) is 24.5 Å². The summed E-state index contributed by atoms with van der Waals surface area (Å²) < 4.78 is 5.79. The summed E-state index contributed by atoms with van der Waals surface area (Å²) in [5, 5.41) is 4.32. The summed E-state index contributed by atoms with van der Waals surface area (Å²) in [6.45, 7) is 9.29. The minimum absolute atomic E-state index is 0.295. The van der Waals surface area contributed by atoms with Crippen LogP contribution >= 0.6 is 11.6 Å². The quantitative estimate of drug-likeness (QED) is 0.899. The van der Waals surface area contributed by atoms with Crippen LogP contribution in [0.25, 0.3) is 0 Å². The molecule has 0 saturated carbocycles. The lowest BCUT2D eigenvalue weighted by Crippen LogP contribution is -2.46. The predicted molar refractivity (Wildman–Crippen MR) is 79.7 cm³/mol. The molecule has 1 aliphatic rings. The molecule has 106 valence electrons. The van der Waals surface area contributed by atoms with E-state index in [4.69, 9.17) is 16.3 Å². The van der Waals surface area contributed by atoms with Crippen LogP contribution in [0.4, 0.5) is 0 Å². The molecule has 3 nitrogen and oxygen atoms in total. The number of benzene rings is 1. The van der Waals surface area contributed by atoms with Crippen molar-refractivity contribution in [3.63, 3.8) is 0 Å². The number of hydrogen-bond donors (Lipinski definition) is 1. The fourth-order valence-electron chi connectivity index (χ4n) is 2.37. The van der Waals surface area contributed by atoms with Crippen LogP contribution in [0.3, 0.4) is 0 Å². The van der Waals surface area contributed by atoms with Gasteiger partial charge in [-0.25, -0.2) is 0 Å². The molecule has 2 atom stereocenters. The molecule has 2 rings (SSSR count). The first-order valence-electron chi connectivity index (χ1n) is 7.02. The number of likely N-dealkylation sites (N-methyl/N-ethyl adjacent to an activating group) is 1. The summed E-state index contributed by atoms with van der Waals surface area (Å²) in [5.74, 6) is 0. The van der Waals surface area contributed by atoms with Crippen molar-refractivity contribution >= 4 is 11.6 Å². The summed E-state index contributed by atoms with van der Waals surface area (Å²) in [6, 6.07) is 8.33. The van der Waals surface area contributed by atoms with Crippen LogP contribution < -0.4 is 5.32 Å². The van der Waals surface area contributed by atoms with Crippen molar-refractivity contribution in [1.82, 2.24) is 10.2 Å². The molecule has 0 bridgehead atoms. The second kappa shape index (κ2) is 7.25. The molecule has 0 spiro atoms. The highest BCUT2D eigenvalue weighted by Gasteiger charge is 2.19. The van der Waals surface area contributed by atoms with Crippen molar-refractivity contribution in [2.75, 3.05) is 32.8 Å². The molecule has 1 aliphatic heterocycles. The van der Waals surface area contributed by atoms with Gasteiger partial charge in [0.1, 0.15) is 0 Å². The van der Waals surface area contributed by atoms with Crippen LogP contribution in [0.2, 0.25) is 5.02 Å². The van der Waals surface area contributed by atoms with Gasteiger partial charge < -0.3 is 10.1 Å². The first kappa shape index (κ1) is 14.8. The smallest absolute Gasteiger partial charge is 0.0826 e. The Kier molecular flexibility index (Phi) is 5.64. The molecule has 1 N–H and O–H groups in total. The van der Waals surface area contributed by atoms with Gasteiger partial charge in [-0.3, -0.25) is 4.90 Å². The van der Waals surface area contributed by atoms with E-state index in [1.54, 1.807) is 0 Å². The van der Waals surface area contributed by atoms with Crippen LogP contribution in [0.5, 0.6) is 0 Å². The number of rotatable bonds is 5. The predicted octanol–water partition coefficient (Wildman–Crippen LogP) is 2.71. The van der Waals surface area contributed by atoms with Crippen LogP contribution in [0.15, 0.2) is 24.3 Å². The summed E-state index contributed by atoms with van der Waals surface area (Å²) in [5.41, 5.74) is 1.26. The van der Waals surface area contributed by atoms with E-state index >= 15 is 0 Å². The number of hydrogen-bond acceptors (Lipinski definition) is 3. The van der Waals surface area contributed by atoms with Gasteiger partial charge in [0.15, 0.2) is 0 Å². The number of halogens is 1. The second-order valence-corrected chi connectivity index (χ2v) is 5.50. The van der Waals surface area contributed by atoms with Crippen LogP contribution in [0.1, 0.15) is 25.5 Å². The SMILES string of the molecule is CCN1CCOC(CN[C@@H](C)c2ccc(Cl)cc2)C1. The third kappa shape index (κ3) is 4.46. The molecule has 1 aromatic carbocycles. The highest BCUT2D eigenvalue weighted by Crippen LogP contribution is 2.16. The lowest BCUT2D eigenvalue weighted by molar-refractivity contribution is -0.0261. The third-order valence-electron chi connectivity index (χ3n) is 3.69. The molecule has 1 saturated heterocycles. The monoisotopic (exact) mass is 282 g/mol. The van der Waals surface area contributed by atoms with Gasteiger partial charge >= 0.3 is 0 Å². The van der Waals surface area contributed by atoms with Gasteiger partial charge in [0, 0.05) is 30.7 Å². The van der Waals surface area contributed by atoms with Crippen LogP contribution in [-0.2, 0) is 4.74 Å². The Morgan fingerprint density at radius 3 is 2.84 bits per heavy atom. The Hall–Kier alpha value is -0.610. The molecule has 1 fully saturated rings. The largest absolute Gasteiger partial charge is 0.374 e. The zero-order valence-corrected chi connectivity index (χ0v) is 12.5. The molecule has 19 heavy (non-hydrogen) atoms. The Labute approximate surface area is 120 Å². The van der Waals surface area contributed by atoms with E-state index in [1.807, 2.05) is 12.1 Å². The lowest BCUT2D eigenvalue weighted by atomic mass is 10.1. The summed E-state index contributed by atoms with van der Waals surface area (Å²) >= 11 is 5.90. The molecule has 0 aromatic heterocycles. The number of morpholine rings is 1. The molecule has 1 aromatic rings. The molecule has 0 aliphatic carbocycles. The maximum Gasteiger partial charge on any atom is 0.0826 e. The van der Waals surface area contributed by atoms with Gasteiger partial charge in [-0.15, -0.1) is 0 Å². The van der Waals surface area contributed by atoms with Gasteiger partial charge in [-0.1, -0.05) is 30.7 Å². The highest BCUT2D eigenvalue weighted by atomic mass is 35.5. The second-order valence-electron chi connectivity index (χ2n) is 5.07. The minimum Gasteiger partial charge on any atom is -0.374 e. The maximum atomic E-state index is 5.90. The fraction of sp³-hybridized carbons (Fsp3) is 0.600. The zero-order chi connectivity index (χ0) is 13.7. The molecular formula is C15H23ClN2O. The molecule has 1 unspecified atom stereocenters. The van der Waals surface area contributed by atoms with E-state index < -0.39 is 0 Å². The molecule has 4 heteroatoms. The third-order valence-corrected chi connectivity index (χ3v) is 3.94. The Morgan fingerprint density at radius 2 is 2.16 bits per heavy atom. The van der Waals surface area contributed by atoms with Gasteiger partial charge in [0.05, 0.1) is 12.7 Å². The van der Waals surface area contributed by atoms with Crippen molar-refractivity contribution in [3.8, 4) is 0 Å². The Bertz CT molecular complexity index is 382. The van der Waals surface area contributed by atoms with Gasteiger partial charge in [0.25, 0.3) is 0 Å². The van der Waals surface area contributed by atoms with Crippen LogP contribution in [-0.4, -0.2) is 43.8 Å². The van der Waals surface area contributed by atoms with E-state index in [-0.39, 0.29) is 0 Å². The van der Waals surface area contributed by atoms with Crippen LogP contribution in [0, 0.1) is 0 Å². The lowest BCUT2D eigenvalue weighted by Gasteiger charge is -2.32. The highest BCUT2D eigenvalue weighted by molar-refractivity contribution is 6.30. The molecular weight excluding hydrogens is 260 g/mol. The van der Waals surface area contributed by atoms with Crippen molar-refractivity contribution in [2.24, 2.45) is 0 Å². The number of nitrogens with one attached hydrogen (secondary N) is 1. The van der Waals surface area contributed by atoms with Gasteiger partial charge in [-0.2, -0.15) is 0 Å². The van der Waals surface area contributed by atoms with Crippen molar-refractivity contribution in [2.45, 2.75) is 26.0 Å². The number of ether oxygens (including phenoxy) is 1. The van der Waals surface area contributed by atoms with E-state index in [9.17, 15) is 0 Å². The molecule has 0 amide bonds. The first-order chi connectivity index (χ1) is 9.19. The summed E-state index contributed by atoms with van der Waals surface area (Å²) in [7, 11) is 0. The average molecular weight is 283 g/mol. The van der Waals surface area contributed by atoms with Gasteiger partial charge in [0.2, 0.25) is 0 Å². The van der Waals surface area contributed by atoms with E-state index in [1.165, 1.54) is 5.56 Å². The molecule has 1 heterocycles. The fourth-order valence-corrected chi connectivity index (χ4v) is 2.49. The first-order valence-corrected chi connectivity index (χ1v) is 7.39. The minimum atomic E-state index is 0.295. The summed E-state index contributed by atoms with van der Waals surface area (Å²) in [6.07, 6.45) is 0.295. The molecule has 0 radical (unpaired) electrons.